The molecule has 0 aliphatic rings. The van der Waals surface area contributed by atoms with E-state index in [9.17, 15) is 4.79 Å². The van der Waals surface area contributed by atoms with Gasteiger partial charge in [-0.15, -0.1) is 10.2 Å². The largest absolute Gasteiger partial charge is 0.353 e. The number of rotatable bonds is 5. The summed E-state index contributed by atoms with van der Waals surface area (Å²) in [5.74, 6) is 0.340. The molecule has 0 bridgehead atoms. The Balaban J connectivity index is 2.13. The zero-order chi connectivity index (χ0) is 15.4. The van der Waals surface area contributed by atoms with Crippen LogP contribution in [0.2, 0.25) is 0 Å². The summed E-state index contributed by atoms with van der Waals surface area (Å²) in [6.45, 7) is 8.01. The van der Waals surface area contributed by atoms with Crippen LogP contribution in [0.5, 0.6) is 0 Å². The molecule has 1 aromatic carbocycles. The molecule has 0 fully saturated rings. The fraction of sp³-hybridized carbons (Fsp3) is 0.400. The summed E-state index contributed by atoms with van der Waals surface area (Å²) in [5.41, 5.74) is 3.41. The predicted octanol–water partition coefficient (Wildman–Crippen LogP) is 2.50. The summed E-state index contributed by atoms with van der Waals surface area (Å²) in [5, 5.41) is 11.7. The van der Waals surface area contributed by atoms with E-state index in [4.69, 9.17) is 0 Å². The number of nitrogens with one attached hydrogen (secondary N) is 1. The fourth-order valence-electron chi connectivity index (χ4n) is 2.06. The van der Waals surface area contributed by atoms with E-state index in [1.54, 1.807) is 6.33 Å². The topological polar surface area (TPSA) is 59.8 Å². The minimum absolute atomic E-state index is 0.00479. The lowest BCUT2D eigenvalue weighted by Crippen LogP contribution is -2.31. The summed E-state index contributed by atoms with van der Waals surface area (Å²) >= 11 is 1.39. The van der Waals surface area contributed by atoms with Crippen LogP contribution in [-0.4, -0.2) is 32.5 Å². The molecule has 0 unspecified atom stereocenters. The monoisotopic (exact) mass is 304 g/mol. The number of amides is 1. The molecular weight excluding hydrogens is 284 g/mol. The molecule has 0 aliphatic carbocycles. The number of hydrogen-bond donors (Lipinski definition) is 1. The molecule has 1 amide bonds. The van der Waals surface area contributed by atoms with Crippen LogP contribution in [0.15, 0.2) is 29.7 Å². The number of thioether (sulfide) groups is 1. The molecule has 1 N–H and O–H groups in total. The van der Waals surface area contributed by atoms with E-state index in [2.05, 4.69) is 41.5 Å². The van der Waals surface area contributed by atoms with Gasteiger partial charge in [-0.1, -0.05) is 29.5 Å². The van der Waals surface area contributed by atoms with Crippen molar-refractivity contribution in [2.45, 2.75) is 38.9 Å². The van der Waals surface area contributed by atoms with Crippen LogP contribution in [-0.2, 0) is 4.79 Å². The average Bonchev–Trinajstić information content (AvgIpc) is 2.83. The molecule has 112 valence electrons. The molecule has 0 aliphatic heterocycles. The van der Waals surface area contributed by atoms with E-state index in [1.807, 2.05) is 24.5 Å². The molecule has 21 heavy (non-hydrogen) atoms. The van der Waals surface area contributed by atoms with Crippen LogP contribution in [0.25, 0.3) is 5.69 Å². The van der Waals surface area contributed by atoms with Gasteiger partial charge < -0.3 is 5.32 Å². The van der Waals surface area contributed by atoms with Crippen LogP contribution in [0.1, 0.15) is 25.0 Å². The first-order valence-electron chi connectivity index (χ1n) is 6.87. The van der Waals surface area contributed by atoms with Crippen LogP contribution in [0.3, 0.4) is 0 Å². The zero-order valence-electron chi connectivity index (χ0n) is 12.8. The van der Waals surface area contributed by atoms with E-state index in [1.165, 1.54) is 17.3 Å². The van der Waals surface area contributed by atoms with Crippen molar-refractivity contribution in [3.05, 3.63) is 35.7 Å². The Labute approximate surface area is 129 Å². The third-order valence-corrected chi connectivity index (χ3v) is 3.85. The van der Waals surface area contributed by atoms with Gasteiger partial charge in [0.15, 0.2) is 5.16 Å². The second kappa shape index (κ2) is 6.76. The van der Waals surface area contributed by atoms with Gasteiger partial charge >= 0.3 is 0 Å². The maximum atomic E-state index is 11.7. The second-order valence-electron chi connectivity index (χ2n) is 5.28. The van der Waals surface area contributed by atoms with Crippen molar-refractivity contribution in [1.82, 2.24) is 20.1 Å². The van der Waals surface area contributed by atoms with Crippen LogP contribution >= 0.6 is 11.8 Å². The van der Waals surface area contributed by atoms with E-state index in [0.717, 1.165) is 16.4 Å². The Morgan fingerprint density at radius 2 is 2.14 bits per heavy atom. The van der Waals surface area contributed by atoms with Gasteiger partial charge in [-0.05, 0) is 39.3 Å². The quantitative estimate of drug-likeness (QED) is 0.862. The molecule has 5 nitrogen and oxygen atoms in total. The summed E-state index contributed by atoms with van der Waals surface area (Å²) in [6, 6.07) is 6.37. The minimum Gasteiger partial charge on any atom is -0.353 e. The van der Waals surface area contributed by atoms with Gasteiger partial charge in [0.2, 0.25) is 5.91 Å². The van der Waals surface area contributed by atoms with E-state index in [0.29, 0.717) is 5.75 Å². The van der Waals surface area contributed by atoms with Crippen molar-refractivity contribution in [2.75, 3.05) is 5.75 Å². The molecule has 0 saturated carbocycles. The Morgan fingerprint density at radius 1 is 1.38 bits per heavy atom. The normalized spacial score (nSPS) is 10.9. The molecule has 0 radical (unpaired) electrons. The highest BCUT2D eigenvalue weighted by molar-refractivity contribution is 7.99. The number of benzene rings is 1. The first-order chi connectivity index (χ1) is 9.97. The number of carbonyl (C=O) groups excluding carboxylic acids is 1. The Hall–Kier alpha value is -1.82. The smallest absolute Gasteiger partial charge is 0.230 e. The fourth-order valence-corrected chi connectivity index (χ4v) is 2.79. The van der Waals surface area contributed by atoms with Gasteiger partial charge in [0.25, 0.3) is 0 Å². The van der Waals surface area contributed by atoms with Crippen molar-refractivity contribution >= 4 is 17.7 Å². The maximum Gasteiger partial charge on any atom is 0.230 e. The van der Waals surface area contributed by atoms with E-state index >= 15 is 0 Å². The van der Waals surface area contributed by atoms with Crippen molar-refractivity contribution in [1.29, 1.82) is 0 Å². The zero-order valence-corrected chi connectivity index (χ0v) is 13.6. The van der Waals surface area contributed by atoms with Crippen molar-refractivity contribution in [3.63, 3.8) is 0 Å². The van der Waals surface area contributed by atoms with Gasteiger partial charge in [0.05, 0.1) is 11.4 Å². The Morgan fingerprint density at radius 3 is 2.81 bits per heavy atom. The summed E-state index contributed by atoms with van der Waals surface area (Å²) < 4.78 is 1.92. The number of carbonyl (C=O) groups is 1. The third-order valence-electron chi connectivity index (χ3n) is 2.91. The van der Waals surface area contributed by atoms with Gasteiger partial charge in [0, 0.05) is 6.04 Å². The molecule has 6 heteroatoms. The van der Waals surface area contributed by atoms with E-state index in [-0.39, 0.29) is 11.9 Å². The van der Waals surface area contributed by atoms with Crippen molar-refractivity contribution in [2.24, 2.45) is 0 Å². The standard InChI is InChI=1S/C15H20N4OS/c1-10(2)17-14(20)8-21-15-18-16-9-19(15)13-6-5-11(3)7-12(13)4/h5-7,9-10H,8H2,1-4H3,(H,17,20). The molecule has 0 atom stereocenters. The highest BCUT2D eigenvalue weighted by Crippen LogP contribution is 2.22. The minimum atomic E-state index is 0.00479. The highest BCUT2D eigenvalue weighted by atomic mass is 32.2. The first-order valence-corrected chi connectivity index (χ1v) is 7.85. The molecule has 1 heterocycles. The summed E-state index contributed by atoms with van der Waals surface area (Å²) in [7, 11) is 0. The molecule has 2 rings (SSSR count). The molecule has 2 aromatic rings. The van der Waals surface area contributed by atoms with Gasteiger partial charge in [-0.25, -0.2) is 0 Å². The van der Waals surface area contributed by atoms with Crippen LogP contribution in [0, 0.1) is 13.8 Å². The maximum absolute atomic E-state index is 11.7. The van der Waals surface area contributed by atoms with Crippen molar-refractivity contribution in [3.8, 4) is 5.69 Å². The lowest BCUT2D eigenvalue weighted by atomic mass is 10.1. The average molecular weight is 304 g/mol. The highest BCUT2D eigenvalue weighted by Gasteiger charge is 2.12. The van der Waals surface area contributed by atoms with E-state index < -0.39 is 0 Å². The van der Waals surface area contributed by atoms with Gasteiger partial charge in [-0.3, -0.25) is 9.36 Å². The Kier molecular flexibility index (Phi) is 5.01. The predicted molar refractivity (Wildman–Crippen MR) is 84.8 cm³/mol. The first kappa shape index (κ1) is 15.6. The third kappa shape index (κ3) is 4.07. The Bertz CT molecular complexity index is 636. The molecule has 0 saturated heterocycles. The van der Waals surface area contributed by atoms with Crippen LogP contribution in [0.4, 0.5) is 0 Å². The number of aryl methyl sites for hydroxylation is 2. The summed E-state index contributed by atoms with van der Waals surface area (Å²) in [6.07, 6.45) is 1.68. The SMILES string of the molecule is Cc1ccc(-n2cnnc2SCC(=O)NC(C)C)c(C)c1. The summed E-state index contributed by atoms with van der Waals surface area (Å²) in [4.78, 5) is 11.7. The van der Waals surface area contributed by atoms with Gasteiger partial charge in [0.1, 0.15) is 6.33 Å². The van der Waals surface area contributed by atoms with Crippen LogP contribution < -0.4 is 5.32 Å². The van der Waals surface area contributed by atoms with Crippen molar-refractivity contribution < 1.29 is 4.79 Å². The molecule has 1 aromatic heterocycles. The lowest BCUT2D eigenvalue weighted by molar-refractivity contribution is -0.119. The molecule has 0 spiro atoms. The lowest BCUT2D eigenvalue weighted by Gasteiger charge is -2.11. The van der Waals surface area contributed by atoms with Gasteiger partial charge in [-0.2, -0.15) is 0 Å². The number of nitrogens with zero attached hydrogens (tertiary/aromatic N) is 3. The number of hydrogen-bond acceptors (Lipinski definition) is 4. The number of aromatic nitrogens is 3. The molecular formula is C15H20N4OS. The second-order valence-corrected chi connectivity index (χ2v) is 6.23.